The Morgan fingerprint density at radius 1 is 1.11 bits per heavy atom. The summed E-state index contributed by atoms with van der Waals surface area (Å²) in [6, 6.07) is 7.31. The van der Waals surface area contributed by atoms with Crippen LogP contribution in [0.2, 0.25) is 0 Å². The van der Waals surface area contributed by atoms with Crippen molar-refractivity contribution in [2.75, 3.05) is 5.32 Å². The zero-order chi connectivity index (χ0) is 19.0. The molecule has 136 valence electrons. The zero-order valence-electron chi connectivity index (χ0n) is 15.2. The molecule has 1 N–H and O–H groups in total. The van der Waals surface area contributed by atoms with Gasteiger partial charge in [0, 0.05) is 30.4 Å². The van der Waals surface area contributed by atoms with Crippen molar-refractivity contribution >= 4 is 22.8 Å². The number of nitrogens with zero attached hydrogens (tertiary/aromatic N) is 6. The van der Waals surface area contributed by atoms with E-state index in [9.17, 15) is 4.39 Å². The SMILES string of the molecule is CC(C)c1c2cc(-c3nc(Nc4ccccn4)ncc3F)cnc2nn1C. The van der Waals surface area contributed by atoms with E-state index in [0.717, 1.165) is 17.3 Å². The fourth-order valence-electron chi connectivity index (χ4n) is 3.09. The van der Waals surface area contributed by atoms with E-state index < -0.39 is 5.82 Å². The minimum absolute atomic E-state index is 0.177. The van der Waals surface area contributed by atoms with E-state index in [-0.39, 0.29) is 17.6 Å². The van der Waals surface area contributed by atoms with Crippen LogP contribution in [0.15, 0.2) is 42.9 Å². The van der Waals surface area contributed by atoms with Gasteiger partial charge in [0.1, 0.15) is 11.5 Å². The summed E-state index contributed by atoms with van der Waals surface area (Å²) in [5.74, 6) is 0.588. The first kappa shape index (κ1) is 17.0. The van der Waals surface area contributed by atoms with Gasteiger partial charge in [0.2, 0.25) is 5.95 Å². The Kier molecular flexibility index (Phi) is 4.23. The van der Waals surface area contributed by atoms with E-state index in [0.29, 0.717) is 17.0 Å². The summed E-state index contributed by atoms with van der Waals surface area (Å²) in [5.41, 5.74) is 2.42. The first-order chi connectivity index (χ1) is 13.0. The quantitative estimate of drug-likeness (QED) is 0.593. The number of hydrogen-bond donors (Lipinski definition) is 1. The van der Waals surface area contributed by atoms with E-state index >= 15 is 0 Å². The number of rotatable bonds is 4. The summed E-state index contributed by atoms with van der Waals surface area (Å²) in [6.45, 7) is 4.17. The largest absolute Gasteiger partial charge is 0.309 e. The standard InChI is InChI=1S/C19H18FN7/c1-11(2)17-13-8-12(9-22-18(13)26-27(17)3)16-14(20)10-23-19(25-16)24-15-6-4-5-7-21-15/h4-11H,1-3H3,(H,21,23,24,25). The number of nitrogens with one attached hydrogen (secondary N) is 1. The van der Waals surface area contributed by atoms with Gasteiger partial charge in [-0.1, -0.05) is 19.9 Å². The minimum Gasteiger partial charge on any atom is -0.309 e. The molecule has 0 aliphatic carbocycles. The van der Waals surface area contributed by atoms with Gasteiger partial charge in [-0.15, -0.1) is 0 Å². The molecule has 0 saturated heterocycles. The second-order valence-corrected chi connectivity index (χ2v) is 6.49. The highest BCUT2D eigenvalue weighted by Crippen LogP contribution is 2.29. The topological polar surface area (TPSA) is 81.4 Å². The molecule has 0 bridgehead atoms. The van der Waals surface area contributed by atoms with Crippen LogP contribution >= 0.6 is 0 Å². The van der Waals surface area contributed by atoms with E-state index in [1.165, 1.54) is 0 Å². The van der Waals surface area contributed by atoms with E-state index in [4.69, 9.17) is 0 Å². The molecule has 0 unspecified atom stereocenters. The fraction of sp³-hybridized carbons (Fsp3) is 0.211. The molecule has 7 nitrogen and oxygen atoms in total. The van der Waals surface area contributed by atoms with Gasteiger partial charge >= 0.3 is 0 Å². The van der Waals surface area contributed by atoms with Crippen molar-refractivity contribution in [1.29, 1.82) is 0 Å². The van der Waals surface area contributed by atoms with Crippen LogP contribution in [-0.4, -0.2) is 29.7 Å². The molecule has 4 heterocycles. The van der Waals surface area contributed by atoms with Gasteiger partial charge in [-0.25, -0.2) is 24.3 Å². The van der Waals surface area contributed by atoms with Crippen LogP contribution in [-0.2, 0) is 7.05 Å². The molecule has 0 aliphatic rings. The maximum atomic E-state index is 14.4. The summed E-state index contributed by atoms with van der Waals surface area (Å²) in [7, 11) is 1.89. The molecule has 0 fully saturated rings. The third kappa shape index (κ3) is 3.21. The minimum atomic E-state index is -0.516. The van der Waals surface area contributed by atoms with Gasteiger partial charge < -0.3 is 5.32 Å². The second-order valence-electron chi connectivity index (χ2n) is 6.49. The lowest BCUT2D eigenvalue weighted by Gasteiger charge is -2.08. The summed E-state index contributed by atoms with van der Waals surface area (Å²) in [5, 5.41) is 8.29. The first-order valence-electron chi connectivity index (χ1n) is 8.56. The van der Waals surface area contributed by atoms with E-state index in [1.54, 1.807) is 18.5 Å². The molecule has 8 heteroatoms. The number of halogens is 1. The summed E-state index contributed by atoms with van der Waals surface area (Å²) < 4.78 is 16.3. The molecule has 0 radical (unpaired) electrons. The molecule has 27 heavy (non-hydrogen) atoms. The predicted octanol–water partition coefficient (Wildman–Crippen LogP) is 3.83. The van der Waals surface area contributed by atoms with Crippen molar-refractivity contribution < 1.29 is 4.39 Å². The fourth-order valence-corrected chi connectivity index (χ4v) is 3.09. The third-order valence-electron chi connectivity index (χ3n) is 4.21. The van der Waals surface area contributed by atoms with Crippen LogP contribution in [0.1, 0.15) is 25.5 Å². The van der Waals surface area contributed by atoms with E-state index in [1.807, 2.05) is 29.9 Å². The number of pyridine rings is 2. The number of aryl methyl sites for hydroxylation is 1. The molecule has 0 aliphatic heterocycles. The lowest BCUT2D eigenvalue weighted by Crippen LogP contribution is -2.02. The van der Waals surface area contributed by atoms with Crippen molar-refractivity contribution in [2.24, 2.45) is 7.05 Å². The lowest BCUT2D eigenvalue weighted by atomic mass is 10.1. The molecule has 4 aromatic heterocycles. The normalized spacial score (nSPS) is 11.3. The van der Waals surface area contributed by atoms with Crippen LogP contribution in [0.5, 0.6) is 0 Å². The highest BCUT2D eigenvalue weighted by Gasteiger charge is 2.17. The van der Waals surface area contributed by atoms with Crippen molar-refractivity contribution in [2.45, 2.75) is 19.8 Å². The van der Waals surface area contributed by atoms with Gasteiger partial charge in [-0.05, 0) is 24.1 Å². The zero-order valence-corrected chi connectivity index (χ0v) is 15.2. The van der Waals surface area contributed by atoms with Gasteiger partial charge in [0.15, 0.2) is 11.5 Å². The van der Waals surface area contributed by atoms with Crippen LogP contribution in [0.25, 0.3) is 22.3 Å². The highest BCUT2D eigenvalue weighted by atomic mass is 19.1. The summed E-state index contributed by atoms with van der Waals surface area (Å²) >= 11 is 0. The molecule has 0 aromatic carbocycles. The number of aromatic nitrogens is 6. The van der Waals surface area contributed by atoms with Crippen molar-refractivity contribution in [3.8, 4) is 11.3 Å². The molecule has 4 aromatic rings. The Balaban J connectivity index is 1.78. The summed E-state index contributed by atoms with van der Waals surface area (Å²) in [4.78, 5) is 16.9. The van der Waals surface area contributed by atoms with Gasteiger partial charge in [0.25, 0.3) is 0 Å². The van der Waals surface area contributed by atoms with Crippen LogP contribution < -0.4 is 5.32 Å². The Morgan fingerprint density at radius 2 is 1.96 bits per heavy atom. The van der Waals surface area contributed by atoms with Gasteiger partial charge in [-0.3, -0.25) is 4.68 Å². The molecule has 0 spiro atoms. The molecule has 0 atom stereocenters. The smallest absolute Gasteiger partial charge is 0.229 e. The first-order valence-corrected chi connectivity index (χ1v) is 8.56. The average molecular weight is 363 g/mol. The predicted molar refractivity (Wildman–Crippen MR) is 101 cm³/mol. The Morgan fingerprint density at radius 3 is 2.70 bits per heavy atom. The third-order valence-corrected chi connectivity index (χ3v) is 4.21. The molecular formula is C19H18FN7. The van der Waals surface area contributed by atoms with Crippen molar-refractivity contribution in [1.82, 2.24) is 29.7 Å². The average Bonchev–Trinajstić information content (AvgIpc) is 2.99. The Bertz CT molecular complexity index is 1110. The van der Waals surface area contributed by atoms with Crippen LogP contribution in [0.4, 0.5) is 16.2 Å². The monoisotopic (exact) mass is 363 g/mol. The Labute approximate surface area is 155 Å². The lowest BCUT2D eigenvalue weighted by molar-refractivity contribution is 0.619. The maximum Gasteiger partial charge on any atom is 0.229 e. The van der Waals surface area contributed by atoms with Gasteiger partial charge in [-0.2, -0.15) is 5.10 Å². The van der Waals surface area contributed by atoms with Crippen molar-refractivity contribution in [3.63, 3.8) is 0 Å². The van der Waals surface area contributed by atoms with E-state index in [2.05, 4.69) is 44.2 Å². The number of anilines is 2. The second kappa shape index (κ2) is 6.71. The summed E-state index contributed by atoms with van der Waals surface area (Å²) in [6.07, 6.45) is 4.38. The van der Waals surface area contributed by atoms with Gasteiger partial charge in [0.05, 0.1) is 11.9 Å². The number of hydrogen-bond acceptors (Lipinski definition) is 6. The van der Waals surface area contributed by atoms with Crippen LogP contribution in [0.3, 0.4) is 0 Å². The highest BCUT2D eigenvalue weighted by molar-refractivity contribution is 5.83. The number of fused-ring (bicyclic) bond motifs is 1. The molecule has 4 rings (SSSR count). The Hall–Kier alpha value is -3.42. The maximum absolute atomic E-state index is 14.4. The molecule has 0 amide bonds. The van der Waals surface area contributed by atoms with Crippen LogP contribution in [0, 0.1) is 5.82 Å². The molecular weight excluding hydrogens is 345 g/mol. The van der Waals surface area contributed by atoms with Crippen molar-refractivity contribution in [3.05, 3.63) is 54.4 Å². The molecule has 0 saturated carbocycles.